The van der Waals surface area contributed by atoms with Gasteiger partial charge in [-0.1, -0.05) is 0 Å². The number of nitrogen functional groups attached to an aromatic ring is 1. The van der Waals surface area contributed by atoms with Crippen LogP contribution in [-0.2, 0) is 11.0 Å². The van der Waals surface area contributed by atoms with Gasteiger partial charge in [0.05, 0.1) is 11.1 Å². The molecule has 0 bridgehead atoms. The molecule has 8 heteroatoms. The minimum absolute atomic E-state index is 0.0876. The van der Waals surface area contributed by atoms with Gasteiger partial charge in [-0.2, -0.15) is 13.2 Å². The summed E-state index contributed by atoms with van der Waals surface area (Å²) >= 11 is 0. The highest BCUT2D eigenvalue weighted by molar-refractivity contribution is 6.00. The Hall–Kier alpha value is -2.25. The van der Waals surface area contributed by atoms with E-state index in [1.165, 1.54) is 13.8 Å². The van der Waals surface area contributed by atoms with E-state index < -0.39 is 29.1 Å². The normalized spacial score (nSPS) is 12.0. The minimum atomic E-state index is -4.58. The number of alkyl halides is 3. The van der Waals surface area contributed by atoms with Crippen molar-refractivity contribution in [2.24, 2.45) is 5.73 Å². The zero-order valence-electron chi connectivity index (χ0n) is 11.5. The third-order valence-corrected chi connectivity index (χ3v) is 2.69. The fourth-order valence-electron chi connectivity index (χ4n) is 1.78. The fraction of sp³-hybridized carbons (Fsp3) is 0.385. The topological polar surface area (TPSA) is 98.2 Å². The van der Waals surface area contributed by atoms with Crippen molar-refractivity contribution >= 4 is 17.5 Å². The summed E-state index contributed by atoms with van der Waals surface area (Å²) in [5, 5.41) is 2.44. The van der Waals surface area contributed by atoms with Crippen LogP contribution in [0.15, 0.2) is 18.2 Å². The Kier molecular flexibility index (Phi) is 4.50. The van der Waals surface area contributed by atoms with Crippen molar-refractivity contribution < 1.29 is 22.8 Å². The monoisotopic (exact) mass is 303 g/mol. The molecule has 0 aliphatic rings. The van der Waals surface area contributed by atoms with Crippen LogP contribution in [0.5, 0.6) is 0 Å². The first-order chi connectivity index (χ1) is 9.42. The highest BCUT2D eigenvalue weighted by atomic mass is 19.4. The summed E-state index contributed by atoms with van der Waals surface area (Å²) in [6.07, 6.45) is -4.73. The van der Waals surface area contributed by atoms with Gasteiger partial charge in [-0.25, -0.2) is 0 Å². The van der Waals surface area contributed by atoms with Gasteiger partial charge >= 0.3 is 6.18 Å². The molecule has 1 rings (SSSR count). The minimum Gasteiger partial charge on any atom is -0.398 e. The average Bonchev–Trinajstić information content (AvgIpc) is 2.24. The first kappa shape index (κ1) is 16.8. The molecule has 0 aromatic heterocycles. The van der Waals surface area contributed by atoms with Gasteiger partial charge in [0.15, 0.2) is 0 Å². The summed E-state index contributed by atoms with van der Waals surface area (Å²) in [5.41, 5.74) is 8.21. The van der Waals surface area contributed by atoms with Crippen molar-refractivity contribution in [1.82, 2.24) is 5.32 Å². The molecule has 0 heterocycles. The second-order valence-corrected chi connectivity index (χ2v) is 5.28. The van der Waals surface area contributed by atoms with Crippen molar-refractivity contribution in [3.8, 4) is 0 Å². The predicted octanol–water partition coefficient (Wildman–Crippen LogP) is 1.67. The highest BCUT2D eigenvalue weighted by Crippen LogP contribution is 2.31. The maximum absolute atomic E-state index is 12.6. The molecular weight excluding hydrogens is 287 g/mol. The lowest BCUT2D eigenvalue weighted by molar-refractivity contribution is -0.137. The number of hydrogen-bond acceptors (Lipinski definition) is 3. The summed E-state index contributed by atoms with van der Waals surface area (Å²) in [7, 11) is 0. The number of benzene rings is 1. The van der Waals surface area contributed by atoms with E-state index in [9.17, 15) is 22.8 Å². The predicted molar refractivity (Wildman–Crippen MR) is 71.2 cm³/mol. The van der Waals surface area contributed by atoms with Gasteiger partial charge in [-0.05, 0) is 32.0 Å². The SMILES string of the molecule is CC(C)(CC(N)=O)NC(=O)c1cc(C(F)(F)F)ccc1N. The zero-order valence-corrected chi connectivity index (χ0v) is 11.5. The quantitative estimate of drug-likeness (QED) is 0.738. The van der Waals surface area contributed by atoms with E-state index in [1.807, 2.05) is 0 Å². The van der Waals surface area contributed by atoms with Crippen LogP contribution in [0.2, 0.25) is 0 Å². The Morgan fingerprint density at radius 1 is 1.24 bits per heavy atom. The van der Waals surface area contributed by atoms with Crippen LogP contribution in [0.3, 0.4) is 0 Å². The Morgan fingerprint density at radius 3 is 2.29 bits per heavy atom. The van der Waals surface area contributed by atoms with Crippen LogP contribution in [0, 0.1) is 0 Å². The van der Waals surface area contributed by atoms with Crippen LogP contribution in [-0.4, -0.2) is 17.4 Å². The number of rotatable bonds is 4. The van der Waals surface area contributed by atoms with Crippen molar-refractivity contribution in [2.45, 2.75) is 32.0 Å². The lowest BCUT2D eigenvalue weighted by Crippen LogP contribution is -2.46. The van der Waals surface area contributed by atoms with Gasteiger partial charge in [-0.15, -0.1) is 0 Å². The number of halogens is 3. The summed E-state index contributed by atoms with van der Waals surface area (Å²) < 4.78 is 37.9. The highest BCUT2D eigenvalue weighted by Gasteiger charge is 2.32. The molecule has 0 saturated carbocycles. The van der Waals surface area contributed by atoms with Gasteiger partial charge in [0.1, 0.15) is 0 Å². The third kappa shape index (κ3) is 4.66. The lowest BCUT2D eigenvalue weighted by atomic mass is 9.99. The van der Waals surface area contributed by atoms with E-state index in [4.69, 9.17) is 11.5 Å². The first-order valence-corrected chi connectivity index (χ1v) is 6.00. The van der Waals surface area contributed by atoms with Crippen LogP contribution in [0.1, 0.15) is 36.2 Å². The summed E-state index contributed by atoms with van der Waals surface area (Å²) in [6.45, 7) is 3.05. The Labute approximate surface area is 119 Å². The van der Waals surface area contributed by atoms with E-state index in [1.54, 1.807) is 0 Å². The zero-order chi connectivity index (χ0) is 16.4. The van der Waals surface area contributed by atoms with Crippen LogP contribution in [0.4, 0.5) is 18.9 Å². The molecule has 1 aromatic carbocycles. The van der Waals surface area contributed by atoms with Crippen molar-refractivity contribution in [1.29, 1.82) is 0 Å². The van der Waals surface area contributed by atoms with Gasteiger partial charge < -0.3 is 16.8 Å². The molecule has 0 spiro atoms. The lowest BCUT2D eigenvalue weighted by Gasteiger charge is -2.25. The van der Waals surface area contributed by atoms with E-state index in [2.05, 4.69) is 5.32 Å². The average molecular weight is 303 g/mol. The maximum atomic E-state index is 12.6. The number of primary amides is 1. The fourth-order valence-corrected chi connectivity index (χ4v) is 1.78. The van der Waals surface area contributed by atoms with Crippen molar-refractivity contribution in [3.63, 3.8) is 0 Å². The van der Waals surface area contributed by atoms with Crippen LogP contribution in [0.25, 0.3) is 0 Å². The first-order valence-electron chi connectivity index (χ1n) is 6.00. The molecule has 5 nitrogen and oxygen atoms in total. The number of hydrogen-bond donors (Lipinski definition) is 3. The molecule has 116 valence electrons. The maximum Gasteiger partial charge on any atom is 0.416 e. The molecule has 0 radical (unpaired) electrons. The van der Waals surface area contributed by atoms with Crippen molar-refractivity contribution in [3.05, 3.63) is 29.3 Å². The molecule has 0 unspecified atom stereocenters. The largest absolute Gasteiger partial charge is 0.416 e. The molecule has 21 heavy (non-hydrogen) atoms. The summed E-state index contributed by atoms with van der Waals surface area (Å²) in [4.78, 5) is 22.9. The molecule has 0 aliphatic heterocycles. The summed E-state index contributed by atoms with van der Waals surface area (Å²) in [6, 6.07) is 2.48. The van der Waals surface area contributed by atoms with Crippen LogP contribution < -0.4 is 16.8 Å². The smallest absolute Gasteiger partial charge is 0.398 e. The number of carbonyl (C=O) groups is 2. The van der Waals surface area contributed by atoms with Gasteiger partial charge in [0, 0.05) is 17.6 Å². The molecule has 2 amide bonds. The molecular formula is C13H16F3N3O2. The van der Waals surface area contributed by atoms with E-state index in [0.717, 1.165) is 12.1 Å². The Morgan fingerprint density at radius 2 is 1.81 bits per heavy atom. The number of anilines is 1. The van der Waals surface area contributed by atoms with Crippen LogP contribution >= 0.6 is 0 Å². The second kappa shape index (κ2) is 5.63. The second-order valence-electron chi connectivity index (χ2n) is 5.28. The Bertz CT molecular complexity index is 568. The Balaban J connectivity index is 3.05. The number of carbonyl (C=O) groups excluding carboxylic acids is 2. The standard InChI is InChI=1S/C13H16F3N3O2/c1-12(2,6-10(18)20)19-11(21)8-5-7(13(14,15)16)3-4-9(8)17/h3-5H,6,17H2,1-2H3,(H2,18,20)(H,19,21). The molecule has 1 aromatic rings. The third-order valence-electron chi connectivity index (χ3n) is 2.69. The molecule has 0 aliphatic carbocycles. The van der Waals surface area contributed by atoms with Gasteiger partial charge in [0.25, 0.3) is 5.91 Å². The van der Waals surface area contributed by atoms with Gasteiger partial charge in [0.2, 0.25) is 5.91 Å². The number of amides is 2. The van der Waals surface area contributed by atoms with Gasteiger partial charge in [-0.3, -0.25) is 9.59 Å². The molecule has 0 atom stereocenters. The molecule has 0 fully saturated rings. The molecule has 5 N–H and O–H groups in total. The van der Waals surface area contributed by atoms with Crippen molar-refractivity contribution in [2.75, 3.05) is 5.73 Å². The molecule has 0 saturated heterocycles. The number of nitrogens with one attached hydrogen (secondary N) is 1. The summed E-state index contributed by atoms with van der Waals surface area (Å²) in [5.74, 6) is -1.44. The number of nitrogens with two attached hydrogens (primary N) is 2. The van der Waals surface area contributed by atoms with E-state index >= 15 is 0 Å². The van der Waals surface area contributed by atoms with E-state index in [-0.39, 0.29) is 17.7 Å². The van der Waals surface area contributed by atoms with E-state index in [0.29, 0.717) is 6.07 Å².